The Labute approximate surface area is 118 Å². The van der Waals surface area contributed by atoms with Gasteiger partial charge in [0.25, 0.3) is 0 Å². The van der Waals surface area contributed by atoms with Gasteiger partial charge in [0.05, 0.1) is 15.8 Å². The maximum Gasteiger partial charge on any atom is 0.540 e. The third-order valence-corrected chi connectivity index (χ3v) is 5.75. The first-order valence-corrected chi connectivity index (χ1v) is 8.13. The van der Waals surface area contributed by atoms with Crippen molar-refractivity contribution in [1.82, 2.24) is 0 Å². The lowest BCUT2D eigenvalue weighted by Gasteiger charge is -2.27. The van der Waals surface area contributed by atoms with Crippen LogP contribution >= 0.6 is 15.9 Å². The van der Waals surface area contributed by atoms with Crippen LogP contribution in [0.15, 0.2) is 22.7 Å². The van der Waals surface area contributed by atoms with Gasteiger partial charge in [0.15, 0.2) is 0 Å². The summed E-state index contributed by atoms with van der Waals surface area (Å²) < 4.78 is 23.2. The van der Waals surface area contributed by atoms with E-state index < -0.39 is 8.80 Å². The first-order valence-electron chi connectivity index (χ1n) is 5.61. The van der Waals surface area contributed by atoms with E-state index in [1.807, 2.05) is 32.0 Å². The van der Waals surface area contributed by atoms with Crippen LogP contribution in [0.1, 0.15) is 13.8 Å². The maximum absolute atomic E-state index is 5.84. The van der Waals surface area contributed by atoms with Gasteiger partial charge in [-0.15, -0.1) is 0 Å². The summed E-state index contributed by atoms with van der Waals surface area (Å²) >= 11 is 3.49. The van der Waals surface area contributed by atoms with Crippen molar-refractivity contribution in [1.29, 1.82) is 0 Å². The third kappa shape index (κ3) is 3.13. The van der Waals surface area contributed by atoms with Gasteiger partial charge in [0, 0.05) is 21.3 Å². The second-order valence-corrected chi connectivity index (χ2v) is 7.68. The average Bonchev–Trinajstić information content (AvgIpc) is 2.35. The SMILES string of the molecule is CO[Si](OC)(OC)c1cccc(Br)c1OC(C)C. The highest BCUT2D eigenvalue weighted by molar-refractivity contribution is 9.10. The highest BCUT2D eigenvalue weighted by Crippen LogP contribution is 2.26. The van der Waals surface area contributed by atoms with Gasteiger partial charge < -0.3 is 18.0 Å². The summed E-state index contributed by atoms with van der Waals surface area (Å²) in [5, 5.41) is 0.818. The van der Waals surface area contributed by atoms with Crippen LogP contribution in [-0.2, 0) is 13.3 Å². The predicted molar refractivity (Wildman–Crippen MR) is 76.3 cm³/mol. The summed E-state index contributed by atoms with van der Waals surface area (Å²) in [5.74, 6) is 0.713. The van der Waals surface area contributed by atoms with Crippen LogP contribution in [0.5, 0.6) is 5.75 Å². The molecule has 0 spiro atoms. The zero-order valence-electron chi connectivity index (χ0n) is 11.3. The minimum atomic E-state index is -2.89. The second kappa shape index (κ2) is 6.67. The van der Waals surface area contributed by atoms with E-state index in [9.17, 15) is 0 Å². The summed E-state index contributed by atoms with van der Waals surface area (Å²) in [4.78, 5) is 0. The Morgan fingerprint density at radius 3 is 2.06 bits per heavy atom. The summed E-state index contributed by atoms with van der Waals surface area (Å²) in [6, 6.07) is 5.73. The predicted octanol–water partition coefficient (Wildman–Crippen LogP) is 2.32. The molecule has 0 saturated carbocycles. The molecule has 0 amide bonds. The number of benzene rings is 1. The minimum absolute atomic E-state index is 0.0553. The number of ether oxygens (including phenoxy) is 1. The summed E-state index contributed by atoms with van der Waals surface area (Å²) in [5.41, 5.74) is 0. The molecule has 0 aliphatic rings. The lowest BCUT2D eigenvalue weighted by molar-refractivity contribution is 0.138. The van der Waals surface area contributed by atoms with Crippen molar-refractivity contribution < 1.29 is 18.0 Å². The molecule has 0 aromatic heterocycles. The van der Waals surface area contributed by atoms with Crippen LogP contribution in [-0.4, -0.2) is 36.2 Å². The molecule has 0 saturated heterocycles. The smallest absolute Gasteiger partial charge is 0.490 e. The Morgan fingerprint density at radius 2 is 1.61 bits per heavy atom. The Bertz CT molecular complexity index is 385. The molecule has 1 aromatic rings. The van der Waals surface area contributed by atoms with E-state index in [0.29, 0.717) is 5.75 Å². The molecule has 0 aliphatic carbocycles. The number of rotatable bonds is 6. The molecule has 0 unspecified atom stereocenters. The molecule has 0 heterocycles. The molecule has 0 N–H and O–H groups in total. The van der Waals surface area contributed by atoms with Gasteiger partial charge in [0.1, 0.15) is 5.75 Å². The quantitative estimate of drug-likeness (QED) is 0.748. The first-order chi connectivity index (χ1) is 8.50. The lowest BCUT2D eigenvalue weighted by Crippen LogP contribution is -2.55. The van der Waals surface area contributed by atoms with Crippen LogP contribution < -0.4 is 9.92 Å². The molecule has 0 radical (unpaired) electrons. The first kappa shape index (κ1) is 15.7. The van der Waals surface area contributed by atoms with Crippen molar-refractivity contribution in [3.63, 3.8) is 0 Å². The van der Waals surface area contributed by atoms with E-state index in [0.717, 1.165) is 9.66 Å². The van der Waals surface area contributed by atoms with Crippen LogP contribution in [0.2, 0.25) is 0 Å². The van der Waals surface area contributed by atoms with Crippen molar-refractivity contribution in [2.45, 2.75) is 20.0 Å². The normalized spacial score (nSPS) is 11.9. The average molecular weight is 335 g/mol. The van der Waals surface area contributed by atoms with Crippen molar-refractivity contribution in [2.24, 2.45) is 0 Å². The topological polar surface area (TPSA) is 36.9 Å². The molecule has 4 nitrogen and oxygen atoms in total. The monoisotopic (exact) mass is 334 g/mol. The maximum atomic E-state index is 5.84. The highest BCUT2D eigenvalue weighted by Gasteiger charge is 2.44. The fraction of sp³-hybridized carbons (Fsp3) is 0.500. The molecule has 0 bridgehead atoms. The fourth-order valence-electron chi connectivity index (χ4n) is 1.69. The van der Waals surface area contributed by atoms with Gasteiger partial charge in [-0.25, -0.2) is 0 Å². The van der Waals surface area contributed by atoms with E-state index in [1.54, 1.807) is 21.3 Å². The Hall–Kier alpha value is -0.403. The number of hydrogen-bond donors (Lipinski definition) is 0. The molecule has 6 heteroatoms. The molecule has 0 aliphatic heterocycles. The zero-order chi connectivity index (χ0) is 13.8. The van der Waals surface area contributed by atoms with Crippen molar-refractivity contribution in [2.75, 3.05) is 21.3 Å². The van der Waals surface area contributed by atoms with E-state index in [4.69, 9.17) is 18.0 Å². The van der Waals surface area contributed by atoms with Crippen molar-refractivity contribution in [3.8, 4) is 5.75 Å². The minimum Gasteiger partial charge on any atom is -0.490 e. The molecular formula is C12H19BrO4Si. The molecule has 1 rings (SSSR count). The summed E-state index contributed by atoms with van der Waals surface area (Å²) in [6.45, 7) is 3.94. The van der Waals surface area contributed by atoms with Crippen LogP contribution in [0, 0.1) is 0 Å². The zero-order valence-corrected chi connectivity index (χ0v) is 13.9. The van der Waals surface area contributed by atoms with Gasteiger partial charge in [-0.1, -0.05) is 12.1 Å². The van der Waals surface area contributed by atoms with E-state index >= 15 is 0 Å². The van der Waals surface area contributed by atoms with Gasteiger partial charge in [-0.05, 0) is 35.8 Å². The molecule has 1 aromatic carbocycles. The number of para-hydroxylation sites is 1. The van der Waals surface area contributed by atoms with Gasteiger partial charge in [-0.3, -0.25) is 0 Å². The standard InChI is InChI=1S/C12H19BrO4Si/c1-9(2)17-12-10(13)7-6-8-11(12)18(14-3,15-4)16-5/h6-9H,1-5H3. The van der Waals surface area contributed by atoms with Gasteiger partial charge in [0.2, 0.25) is 0 Å². The molecule has 18 heavy (non-hydrogen) atoms. The molecular weight excluding hydrogens is 316 g/mol. The largest absolute Gasteiger partial charge is 0.540 e. The molecule has 102 valence electrons. The van der Waals surface area contributed by atoms with Crippen molar-refractivity contribution in [3.05, 3.63) is 22.7 Å². The van der Waals surface area contributed by atoms with Crippen LogP contribution in [0.3, 0.4) is 0 Å². The van der Waals surface area contributed by atoms with Crippen LogP contribution in [0.4, 0.5) is 0 Å². The number of hydrogen-bond acceptors (Lipinski definition) is 4. The Balaban J connectivity index is 3.33. The summed E-state index contributed by atoms with van der Waals surface area (Å²) in [7, 11) is 1.86. The van der Waals surface area contributed by atoms with E-state index in [-0.39, 0.29) is 6.10 Å². The molecule has 0 atom stereocenters. The second-order valence-electron chi connectivity index (χ2n) is 3.95. The van der Waals surface area contributed by atoms with Gasteiger partial charge in [-0.2, -0.15) is 0 Å². The lowest BCUT2D eigenvalue weighted by atomic mass is 10.3. The summed E-state index contributed by atoms with van der Waals surface area (Å²) in [6.07, 6.45) is 0.0553. The van der Waals surface area contributed by atoms with Crippen LogP contribution in [0.25, 0.3) is 0 Å². The highest BCUT2D eigenvalue weighted by atomic mass is 79.9. The number of halogens is 1. The Kier molecular flexibility index (Phi) is 5.80. The van der Waals surface area contributed by atoms with E-state index in [2.05, 4.69) is 15.9 Å². The fourth-order valence-corrected chi connectivity index (χ4v) is 4.26. The van der Waals surface area contributed by atoms with Gasteiger partial charge >= 0.3 is 8.80 Å². The van der Waals surface area contributed by atoms with Crippen molar-refractivity contribution >= 4 is 29.9 Å². The third-order valence-electron chi connectivity index (χ3n) is 2.46. The Morgan fingerprint density at radius 1 is 1.06 bits per heavy atom. The molecule has 0 fully saturated rings. The van der Waals surface area contributed by atoms with E-state index in [1.165, 1.54) is 0 Å².